The molecule has 1 heterocycles. The van der Waals surface area contributed by atoms with Gasteiger partial charge in [-0.05, 0) is 12.1 Å². The van der Waals surface area contributed by atoms with Gasteiger partial charge < -0.3 is 20.7 Å². The number of benzene rings is 1. The number of anilines is 1. The molecule has 0 bridgehead atoms. The summed E-state index contributed by atoms with van der Waals surface area (Å²) in [6, 6.07) is 7.09. The average Bonchev–Trinajstić information content (AvgIpc) is 2.37. The molecule has 0 saturated carbocycles. The molecule has 0 aromatic heterocycles. The number of nitrogens with one attached hydrogen (secondary N) is 1. The van der Waals surface area contributed by atoms with Crippen molar-refractivity contribution in [2.45, 2.75) is 0 Å². The van der Waals surface area contributed by atoms with Gasteiger partial charge in [0.2, 0.25) is 0 Å². The zero-order valence-electron chi connectivity index (χ0n) is 9.69. The number of rotatable bonds is 3. The molecule has 92 valence electrons. The molecule has 17 heavy (non-hydrogen) atoms. The van der Waals surface area contributed by atoms with Gasteiger partial charge in [0.15, 0.2) is 6.61 Å². The van der Waals surface area contributed by atoms with Crippen LogP contribution in [-0.4, -0.2) is 43.6 Å². The lowest BCUT2D eigenvalue weighted by Crippen LogP contribution is -2.47. The summed E-state index contributed by atoms with van der Waals surface area (Å²) in [7, 11) is 0. The molecular weight excluding hydrogens is 218 g/mol. The quantitative estimate of drug-likeness (QED) is 0.728. The first kappa shape index (κ1) is 11.7. The molecular formula is C12H17N3O2. The maximum Gasteiger partial charge on any atom is 0.260 e. The van der Waals surface area contributed by atoms with Crippen LogP contribution in [0.3, 0.4) is 0 Å². The number of carbonyl (C=O) groups excluding carboxylic acids is 1. The largest absolute Gasteiger partial charge is 0.484 e. The van der Waals surface area contributed by atoms with Gasteiger partial charge in [-0.1, -0.05) is 6.07 Å². The molecule has 1 amide bonds. The Kier molecular flexibility index (Phi) is 3.82. The highest BCUT2D eigenvalue weighted by Gasteiger charge is 2.16. The highest BCUT2D eigenvalue weighted by atomic mass is 16.5. The van der Waals surface area contributed by atoms with Crippen LogP contribution in [0.4, 0.5) is 5.69 Å². The van der Waals surface area contributed by atoms with Crippen molar-refractivity contribution in [2.24, 2.45) is 0 Å². The van der Waals surface area contributed by atoms with Crippen molar-refractivity contribution < 1.29 is 9.53 Å². The van der Waals surface area contributed by atoms with Gasteiger partial charge >= 0.3 is 0 Å². The Morgan fingerprint density at radius 3 is 2.88 bits per heavy atom. The molecule has 1 aliphatic heterocycles. The Balaban J connectivity index is 1.83. The summed E-state index contributed by atoms with van der Waals surface area (Å²) in [4.78, 5) is 13.6. The maximum atomic E-state index is 11.8. The highest BCUT2D eigenvalue weighted by Crippen LogP contribution is 2.14. The molecule has 1 fully saturated rings. The van der Waals surface area contributed by atoms with Gasteiger partial charge in [-0.2, -0.15) is 0 Å². The minimum absolute atomic E-state index is 0.0222. The summed E-state index contributed by atoms with van der Waals surface area (Å²) < 4.78 is 5.41. The number of amides is 1. The van der Waals surface area contributed by atoms with Crippen LogP contribution in [0.1, 0.15) is 0 Å². The van der Waals surface area contributed by atoms with Crippen LogP contribution >= 0.6 is 0 Å². The number of hydrogen-bond donors (Lipinski definition) is 2. The Hall–Kier alpha value is -1.75. The second-order valence-corrected chi connectivity index (χ2v) is 3.99. The zero-order chi connectivity index (χ0) is 12.1. The Morgan fingerprint density at radius 1 is 1.41 bits per heavy atom. The number of carbonyl (C=O) groups is 1. The fourth-order valence-electron chi connectivity index (χ4n) is 1.75. The summed E-state index contributed by atoms with van der Waals surface area (Å²) >= 11 is 0. The topological polar surface area (TPSA) is 67.6 Å². The number of nitrogens with two attached hydrogens (primary N) is 1. The first-order chi connectivity index (χ1) is 8.25. The van der Waals surface area contributed by atoms with Crippen LogP contribution in [0.2, 0.25) is 0 Å². The minimum atomic E-state index is 0.0222. The van der Waals surface area contributed by atoms with Gasteiger partial charge in [0.25, 0.3) is 5.91 Å². The van der Waals surface area contributed by atoms with Crippen LogP contribution < -0.4 is 15.8 Å². The van der Waals surface area contributed by atoms with Gasteiger partial charge in [-0.15, -0.1) is 0 Å². The molecule has 1 aromatic carbocycles. The molecule has 1 saturated heterocycles. The molecule has 2 rings (SSSR count). The number of nitrogen functional groups attached to an aromatic ring is 1. The van der Waals surface area contributed by atoms with Crippen molar-refractivity contribution >= 4 is 11.6 Å². The van der Waals surface area contributed by atoms with Crippen molar-refractivity contribution in [3.05, 3.63) is 24.3 Å². The normalized spacial score (nSPS) is 15.6. The number of hydrogen-bond acceptors (Lipinski definition) is 4. The van der Waals surface area contributed by atoms with Gasteiger partial charge in [-0.25, -0.2) is 0 Å². The number of nitrogens with zero attached hydrogens (tertiary/aromatic N) is 1. The first-order valence-corrected chi connectivity index (χ1v) is 5.72. The van der Waals surface area contributed by atoms with E-state index in [-0.39, 0.29) is 12.5 Å². The van der Waals surface area contributed by atoms with E-state index in [0.717, 1.165) is 26.2 Å². The second-order valence-electron chi connectivity index (χ2n) is 3.99. The molecule has 0 aliphatic carbocycles. The van der Waals surface area contributed by atoms with E-state index in [2.05, 4.69) is 5.32 Å². The Morgan fingerprint density at radius 2 is 2.18 bits per heavy atom. The van der Waals surface area contributed by atoms with E-state index in [4.69, 9.17) is 10.5 Å². The molecule has 0 spiro atoms. The summed E-state index contributed by atoms with van der Waals surface area (Å²) in [5, 5.41) is 3.20. The fourth-order valence-corrected chi connectivity index (χ4v) is 1.75. The van der Waals surface area contributed by atoms with E-state index < -0.39 is 0 Å². The first-order valence-electron chi connectivity index (χ1n) is 5.72. The SMILES string of the molecule is Nc1cccc(OCC(=O)N2CCNCC2)c1. The minimum Gasteiger partial charge on any atom is -0.484 e. The monoisotopic (exact) mass is 235 g/mol. The van der Waals surface area contributed by atoms with Gasteiger partial charge in [0, 0.05) is 37.9 Å². The maximum absolute atomic E-state index is 11.8. The molecule has 0 unspecified atom stereocenters. The van der Waals surface area contributed by atoms with Gasteiger partial charge in [-0.3, -0.25) is 4.79 Å². The molecule has 0 atom stereocenters. The summed E-state index contributed by atoms with van der Waals surface area (Å²) in [5.41, 5.74) is 6.26. The van der Waals surface area contributed by atoms with Crippen LogP contribution in [0.15, 0.2) is 24.3 Å². The summed E-state index contributed by atoms with van der Waals surface area (Å²) in [6.07, 6.45) is 0. The van der Waals surface area contributed by atoms with Crippen molar-refractivity contribution in [3.8, 4) is 5.75 Å². The molecule has 1 aromatic rings. The average molecular weight is 235 g/mol. The smallest absolute Gasteiger partial charge is 0.260 e. The van der Waals surface area contributed by atoms with Gasteiger partial charge in [0.05, 0.1) is 0 Å². The van der Waals surface area contributed by atoms with Gasteiger partial charge in [0.1, 0.15) is 5.75 Å². The predicted molar refractivity (Wildman–Crippen MR) is 65.8 cm³/mol. The standard InChI is InChI=1S/C12H17N3O2/c13-10-2-1-3-11(8-10)17-9-12(16)15-6-4-14-5-7-15/h1-3,8,14H,4-7,9,13H2. The highest BCUT2D eigenvalue weighted by molar-refractivity contribution is 5.77. The van der Waals surface area contributed by atoms with E-state index in [1.165, 1.54) is 0 Å². The predicted octanol–water partition coefficient (Wildman–Crippen LogP) is 0.0794. The molecule has 0 radical (unpaired) electrons. The van der Waals surface area contributed by atoms with Crippen LogP contribution in [0.5, 0.6) is 5.75 Å². The third-order valence-corrected chi connectivity index (χ3v) is 2.69. The van der Waals surface area contributed by atoms with Crippen LogP contribution in [0, 0.1) is 0 Å². The lowest BCUT2D eigenvalue weighted by molar-refractivity contribution is -0.133. The van der Waals surface area contributed by atoms with E-state index >= 15 is 0 Å². The molecule has 1 aliphatic rings. The lowest BCUT2D eigenvalue weighted by atomic mass is 10.3. The number of ether oxygens (including phenoxy) is 1. The van der Waals surface area contributed by atoms with Crippen molar-refractivity contribution in [1.82, 2.24) is 10.2 Å². The van der Waals surface area contributed by atoms with Crippen LogP contribution in [0.25, 0.3) is 0 Å². The molecule has 5 nitrogen and oxygen atoms in total. The van der Waals surface area contributed by atoms with E-state index in [0.29, 0.717) is 11.4 Å². The van der Waals surface area contributed by atoms with Crippen LogP contribution in [-0.2, 0) is 4.79 Å². The second kappa shape index (κ2) is 5.54. The van der Waals surface area contributed by atoms with Crippen molar-refractivity contribution in [3.63, 3.8) is 0 Å². The molecule has 5 heteroatoms. The number of piperazine rings is 1. The third kappa shape index (κ3) is 3.35. The Labute approximate surface area is 101 Å². The third-order valence-electron chi connectivity index (χ3n) is 2.69. The van der Waals surface area contributed by atoms with E-state index in [1.807, 2.05) is 4.90 Å². The Bertz CT molecular complexity index is 389. The fraction of sp³-hybridized carbons (Fsp3) is 0.417. The van der Waals surface area contributed by atoms with Crippen molar-refractivity contribution in [2.75, 3.05) is 38.5 Å². The summed E-state index contributed by atoms with van der Waals surface area (Å²) in [6.45, 7) is 3.27. The van der Waals surface area contributed by atoms with E-state index in [1.54, 1.807) is 24.3 Å². The molecule has 3 N–H and O–H groups in total. The summed E-state index contributed by atoms with van der Waals surface area (Å²) in [5.74, 6) is 0.655. The lowest BCUT2D eigenvalue weighted by Gasteiger charge is -2.27. The zero-order valence-corrected chi connectivity index (χ0v) is 9.69. The van der Waals surface area contributed by atoms with E-state index in [9.17, 15) is 4.79 Å². The van der Waals surface area contributed by atoms with Crippen molar-refractivity contribution in [1.29, 1.82) is 0 Å².